The van der Waals surface area contributed by atoms with Gasteiger partial charge in [0.05, 0.1) is 19.8 Å². The minimum atomic E-state index is -0.400. The highest BCUT2D eigenvalue weighted by Gasteiger charge is 2.57. The zero-order valence-electron chi connectivity index (χ0n) is 25.7. The van der Waals surface area contributed by atoms with Crippen LogP contribution in [0, 0.1) is 12.7 Å². The van der Waals surface area contributed by atoms with Gasteiger partial charge in [-0.3, -0.25) is 18.9 Å². The lowest BCUT2D eigenvalue weighted by atomic mass is 9.83. The number of nitrogens with two attached hydrogens (primary N) is 1. The lowest BCUT2D eigenvalue weighted by Crippen LogP contribution is -2.50. The maximum absolute atomic E-state index is 13.7. The van der Waals surface area contributed by atoms with Gasteiger partial charge in [0.25, 0.3) is 0 Å². The van der Waals surface area contributed by atoms with E-state index in [4.69, 9.17) is 15.5 Å². The van der Waals surface area contributed by atoms with Crippen molar-refractivity contribution in [1.82, 2.24) is 24.6 Å². The Balaban J connectivity index is 1.10. The molecule has 10 heteroatoms. The molecule has 1 saturated heterocycles. The SMILES string of the molecule is Cc1ccc(F)cc1C(=O)CCc1ccc(-c2nc(C34CCC(NC(=O)CN5CCOCC5)(CC3)C4)n3ccnc(N)c23)cc1. The molecule has 3 heterocycles. The van der Waals surface area contributed by atoms with Gasteiger partial charge in [-0.15, -0.1) is 0 Å². The molecule has 9 nitrogen and oxygen atoms in total. The summed E-state index contributed by atoms with van der Waals surface area (Å²) in [5.41, 5.74) is 10.8. The molecule has 45 heavy (non-hydrogen) atoms. The Labute approximate surface area is 262 Å². The fourth-order valence-corrected chi connectivity index (χ4v) is 7.73. The molecule has 0 atom stereocenters. The molecule has 3 N–H and O–H groups in total. The van der Waals surface area contributed by atoms with Crippen molar-refractivity contribution in [3.63, 3.8) is 0 Å². The summed E-state index contributed by atoms with van der Waals surface area (Å²) in [6.45, 7) is 5.16. The first-order valence-corrected chi connectivity index (χ1v) is 15.9. The number of benzene rings is 2. The van der Waals surface area contributed by atoms with E-state index in [0.29, 0.717) is 44.0 Å². The van der Waals surface area contributed by atoms with E-state index >= 15 is 0 Å². The number of ether oxygens (including phenoxy) is 1. The van der Waals surface area contributed by atoms with Crippen molar-refractivity contribution in [2.24, 2.45) is 0 Å². The molecule has 0 radical (unpaired) electrons. The Morgan fingerprint density at radius 2 is 1.82 bits per heavy atom. The van der Waals surface area contributed by atoms with Crippen LogP contribution >= 0.6 is 0 Å². The van der Waals surface area contributed by atoms with Crippen LogP contribution in [-0.2, 0) is 21.4 Å². The Bertz CT molecular complexity index is 1750. The summed E-state index contributed by atoms with van der Waals surface area (Å²) in [5, 5.41) is 3.43. The molecule has 0 unspecified atom stereocenters. The average Bonchev–Trinajstić information content (AvgIpc) is 3.73. The van der Waals surface area contributed by atoms with Gasteiger partial charge in [0.1, 0.15) is 28.7 Å². The average molecular weight is 611 g/mol. The molecule has 3 fully saturated rings. The molecule has 2 saturated carbocycles. The van der Waals surface area contributed by atoms with Gasteiger partial charge in [0.2, 0.25) is 5.91 Å². The molecular formula is C35H39FN6O3. The van der Waals surface area contributed by atoms with Crippen LogP contribution < -0.4 is 11.1 Å². The zero-order valence-corrected chi connectivity index (χ0v) is 25.7. The highest BCUT2D eigenvalue weighted by Crippen LogP contribution is 2.57. The summed E-state index contributed by atoms with van der Waals surface area (Å²) in [6.07, 6.45) is 9.11. The molecule has 0 spiro atoms. The Hall–Kier alpha value is -4.15. The normalized spacial score (nSPS) is 23.1. The smallest absolute Gasteiger partial charge is 0.234 e. The number of imidazole rings is 1. The summed E-state index contributed by atoms with van der Waals surface area (Å²) in [6, 6.07) is 12.4. The minimum absolute atomic E-state index is 0.0691. The number of halogens is 1. The van der Waals surface area contributed by atoms with Crippen LogP contribution in [0.3, 0.4) is 0 Å². The molecule has 1 amide bonds. The fourth-order valence-electron chi connectivity index (χ4n) is 7.73. The molecule has 2 aliphatic carbocycles. The largest absolute Gasteiger partial charge is 0.382 e. The lowest BCUT2D eigenvalue weighted by Gasteiger charge is -2.31. The van der Waals surface area contributed by atoms with Crippen LogP contribution in [0.15, 0.2) is 54.9 Å². The van der Waals surface area contributed by atoms with Crippen molar-refractivity contribution >= 4 is 23.0 Å². The third-order valence-corrected chi connectivity index (χ3v) is 10.1. The predicted octanol–water partition coefficient (Wildman–Crippen LogP) is 4.64. The number of nitrogen functional groups attached to an aromatic ring is 1. The topological polar surface area (TPSA) is 115 Å². The van der Waals surface area contributed by atoms with Gasteiger partial charge in [-0.2, -0.15) is 0 Å². The number of nitrogens with one attached hydrogen (secondary N) is 1. The number of aryl methyl sites for hydroxylation is 2. The van der Waals surface area contributed by atoms with Crippen molar-refractivity contribution in [2.45, 2.75) is 62.8 Å². The van der Waals surface area contributed by atoms with Gasteiger partial charge in [-0.05, 0) is 68.7 Å². The van der Waals surface area contributed by atoms with E-state index in [1.165, 1.54) is 12.1 Å². The van der Waals surface area contributed by atoms with E-state index in [0.717, 1.165) is 78.9 Å². The second kappa shape index (κ2) is 11.7. The second-order valence-corrected chi connectivity index (χ2v) is 13.1. The van der Waals surface area contributed by atoms with E-state index in [1.54, 1.807) is 12.3 Å². The van der Waals surface area contributed by atoms with Crippen LogP contribution in [0.25, 0.3) is 16.8 Å². The number of rotatable bonds is 9. The lowest BCUT2D eigenvalue weighted by molar-refractivity contribution is -0.125. The Kier molecular flexibility index (Phi) is 7.65. The van der Waals surface area contributed by atoms with Crippen LogP contribution in [0.5, 0.6) is 0 Å². The maximum atomic E-state index is 13.7. The van der Waals surface area contributed by atoms with Gasteiger partial charge in [-0.1, -0.05) is 30.3 Å². The third kappa shape index (κ3) is 5.61. The number of aromatic nitrogens is 3. The molecule has 2 aromatic carbocycles. The van der Waals surface area contributed by atoms with Crippen molar-refractivity contribution in [3.8, 4) is 11.3 Å². The molecule has 3 aliphatic rings. The first kappa shape index (κ1) is 29.6. The van der Waals surface area contributed by atoms with Crippen molar-refractivity contribution in [3.05, 3.63) is 83.2 Å². The number of anilines is 1. The van der Waals surface area contributed by atoms with E-state index in [2.05, 4.69) is 19.6 Å². The van der Waals surface area contributed by atoms with E-state index in [-0.39, 0.29) is 22.6 Å². The van der Waals surface area contributed by atoms with Crippen LogP contribution in [0.4, 0.5) is 10.2 Å². The Morgan fingerprint density at radius 3 is 2.58 bits per heavy atom. The van der Waals surface area contributed by atoms with Crippen molar-refractivity contribution in [2.75, 3.05) is 38.6 Å². The van der Waals surface area contributed by atoms with Gasteiger partial charge in [-0.25, -0.2) is 14.4 Å². The number of hydrogen-bond acceptors (Lipinski definition) is 7. The molecule has 2 bridgehead atoms. The number of hydrogen-bond donors (Lipinski definition) is 2. The highest BCUT2D eigenvalue weighted by atomic mass is 19.1. The quantitative estimate of drug-likeness (QED) is 0.265. The molecular weight excluding hydrogens is 571 g/mol. The van der Waals surface area contributed by atoms with Crippen LogP contribution in [-0.4, -0.2) is 69.3 Å². The number of carbonyl (C=O) groups is 2. The van der Waals surface area contributed by atoms with Gasteiger partial charge in [0, 0.05) is 54.0 Å². The van der Waals surface area contributed by atoms with Gasteiger partial charge >= 0.3 is 0 Å². The zero-order chi connectivity index (χ0) is 31.2. The number of carbonyl (C=O) groups excluding carboxylic acids is 2. The number of amides is 1. The van der Waals surface area contributed by atoms with E-state index in [1.807, 2.05) is 37.4 Å². The number of Topliss-reactive ketones (excluding diaryl/α,β-unsaturated/α-hetero) is 1. The summed E-state index contributed by atoms with van der Waals surface area (Å²) in [5.74, 6) is 1.01. The summed E-state index contributed by atoms with van der Waals surface area (Å²) >= 11 is 0. The monoisotopic (exact) mass is 610 g/mol. The summed E-state index contributed by atoms with van der Waals surface area (Å²) in [7, 11) is 0. The van der Waals surface area contributed by atoms with E-state index in [9.17, 15) is 14.0 Å². The van der Waals surface area contributed by atoms with Crippen LogP contribution in [0.1, 0.15) is 65.8 Å². The van der Waals surface area contributed by atoms with E-state index < -0.39 is 5.82 Å². The standard InChI is InChI=1S/C35H39FN6O3/c1-23-2-8-26(36)20-27(23)28(43)9-5-24-3-6-25(7-4-24)30-31-32(37)38-14-15-42(31)33(39-30)34-10-12-35(22-34,13-11-34)40-29(44)21-41-16-18-45-19-17-41/h2-4,6-8,14-15,20H,5,9-13,16-19,21-22H2,1H3,(H2,37,38)(H,40,44). The maximum Gasteiger partial charge on any atom is 0.234 e. The number of nitrogens with zero attached hydrogens (tertiary/aromatic N) is 4. The molecule has 4 aromatic rings. The van der Waals surface area contributed by atoms with Crippen LogP contribution in [0.2, 0.25) is 0 Å². The molecule has 1 aliphatic heterocycles. The third-order valence-electron chi connectivity index (χ3n) is 10.1. The predicted molar refractivity (Wildman–Crippen MR) is 170 cm³/mol. The molecule has 7 rings (SSSR count). The number of fused-ring (bicyclic) bond motifs is 3. The van der Waals surface area contributed by atoms with Gasteiger partial charge in [0.15, 0.2) is 5.78 Å². The fraction of sp³-hybridized carbons (Fsp3) is 0.429. The minimum Gasteiger partial charge on any atom is -0.382 e. The molecule has 234 valence electrons. The van der Waals surface area contributed by atoms with Crippen molar-refractivity contribution in [1.29, 1.82) is 0 Å². The first-order chi connectivity index (χ1) is 21.7. The first-order valence-electron chi connectivity index (χ1n) is 15.9. The second-order valence-electron chi connectivity index (χ2n) is 13.1. The Morgan fingerprint density at radius 1 is 1.07 bits per heavy atom. The summed E-state index contributed by atoms with van der Waals surface area (Å²) in [4.78, 5) is 37.7. The highest BCUT2D eigenvalue weighted by molar-refractivity contribution is 5.97. The number of morpholine rings is 1. The molecule has 2 aromatic heterocycles. The summed E-state index contributed by atoms with van der Waals surface area (Å²) < 4.78 is 21.2. The number of ketones is 1. The van der Waals surface area contributed by atoms with Gasteiger partial charge < -0.3 is 15.8 Å². The van der Waals surface area contributed by atoms with Crippen molar-refractivity contribution < 1.29 is 18.7 Å².